The minimum Gasteiger partial charge on any atom is -0.467 e. The lowest BCUT2D eigenvalue weighted by molar-refractivity contribution is -0.147. The van der Waals surface area contributed by atoms with Crippen LogP contribution >= 0.6 is 0 Å². The van der Waals surface area contributed by atoms with E-state index in [0.717, 1.165) is 0 Å². The molecule has 0 saturated carbocycles. The molecule has 3 heterocycles. The van der Waals surface area contributed by atoms with Gasteiger partial charge in [-0.3, -0.25) is 19.2 Å². The molecule has 28 heavy (non-hydrogen) atoms. The molecule has 1 amide bonds. The molecule has 1 atom stereocenters. The molecule has 1 N–H and O–H groups in total. The number of carbonyl (C=O) groups is 4. The van der Waals surface area contributed by atoms with Gasteiger partial charge in [-0.1, -0.05) is 0 Å². The molecule has 0 unspecified atom stereocenters. The Morgan fingerprint density at radius 3 is 2.68 bits per heavy atom. The van der Waals surface area contributed by atoms with Crippen molar-refractivity contribution in [2.75, 3.05) is 13.2 Å². The van der Waals surface area contributed by atoms with E-state index in [1.165, 1.54) is 18.1 Å². The molecular weight excluding hydrogens is 364 g/mol. The molecule has 0 spiro atoms. The SMILES string of the molecule is CC(=O)c1c(C)[nH]c(C(=O)COC(=O)[C@@H]2CC(=O)N(Cc3ccco3)C2)c1C. The van der Waals surface area contributed by atoms with Gasteiger partial charge in [0.1, 0.15) is 5.76 Å². The quantitative estimate of drug-likeness (QED) is 0.577. The summed E-state index contributed by atoms with van der Waals surface area (Å²) in [5.74, 6) is -1.28. The van der Waals surface area contributed by atoms with Crippen LogP contribution in [0.5, 0.6) is 0 Å². The summed E-state index contributed by atoms with van der Waals surface area (Å²) in [6.45, 7) is 4.90. The molecule has 0 bridgehead atoms. The minimum absolute atomic E-state index is 0.0445. The third kappa shape index (κ3) is 3.90. The lowest BCUT2D eigenvalue weighted by Crippen LogP contribution is -2.27. The number of nitrogens with zero attached hydrogens (tertiary/aromatic N) is 1. The number of nitrogens with one attached hydrogen (secondary N) is 1. The van der Waals surface area contributed by atoms with Gasteiger partial charge in [-0.05, 0) is 38.5 Å². The van der Waals surface area contributed by atoms with Gasteiger partial charge in [0.2, 0.25) is 11.7 Å². The fraction of sp³-hybridized carbons (Fsp3) is 0.400. The van der Waals surface area contributed by atoms with E-state index < -0.39 is 24.3 Å². The van der Waals surface area contributed by atoms with Gasteiger partial charge in [-0.15, -0.1) is 0 Å². The van der Waals surface area contributed by atoms with Crippen molar-refractivity contribution in [2.45, 2.75) is 33.7 Å². The number of amides is 1. The van der Waals surface area contributed by atoms with Crippen molar-refractivity contribution in [3.05, 3.63) is 46.7 Å². The molecule has 3 rings (SSSR count). The Balaban J connectivity index is 1.57. The Labute approximate surface area is 161 Å². The predicted octanol–water partition coefficient (Wildman–Crippen LogP) is 2.20. The fourth-order valence-electron chi connectivity index (χ4n) is 3.56. The van der Waals surface area contributed by atoms with Crippen LogP contribution in [0.15, 0.2) is 22.8 Å². The van der Waals surface area contributed by atoms with Crippen molar-refractivity contribution in [1.29, 1.82) is 0 Å². The van der Waals surface area contributed by atoms with E-state index in [1.807, 2.05) is 0 Å². The zero-order valence-electron chi connectivity index (χ0n) is 16.0. The van der Waals surface area contributed by atoms with Crippen molar-refractivity contribution < 1.29 is 28.3 Å². The van der Waals surface area contributed by atoms with E-state index in [2.05, 4.69) is 4.98 Å². The number of H-pyrrole nitrogens is 1. The van der Waals surface area contributed by atoms with Crippen LogP contribution < -0.4 is 0 Å². The number of furan rings is 1. The van der Waals surface area contributed by atoms with E-state index in [1.54, 1.807) is 26.0 Å². The van der Waals surface area contributed by atoms with E-state index in [0.29, 0.717) is 29.1 Å². The van der Waals surface area contributed by atoms with Crippen LogP contribution in [0, 0.1) is 19.8 Å². The van der Waals surface area contributed by atoms with Crippen molar-refractivity contribution in [2.24, 2.45) is 5.92 Å². The molecule has 8 nitrogen and oxygen atoms in total. The number of aromatic amines is 1. The zero-order valence-corrected chi connectivity index (χ0v) is 16.0. The van der Waals surface area contributed by atoms with Gasteiger partial charge >= 0.3 is 5.97 Å². The largest absolute Gasteiger partial charge is 0.467 e. The number of rotatable bonds is 7. The molecule has 8 heteroatoms. The van der Waals surface area contributed by atoms with Crippen LogP contribution in [-0.2, 0) is 20.9 Å². The standard InChI is InChI=1S/C20H22N2O6/c1-11-18(13(3)23)12(2)21-19(11)16(24)10-28-20(26)14-7-17(25)22(8-14)9-15-5-4-6-27-15/h4-6,14,21H,7-10H2,1-3H3/t14-/m1/s1. The second-order valence-corrected chi connectivity index (χ2v) is 6.97. The number of ketones is 2. The highest BCUT2D eigenvalue weighted by atomic mass is 16.5. The minimum atomic E-state index is -0.616. The van der Waals surface area contributed by atoms with E-state index >= 15 is 0 Å². The topological polar surface area (TPSA) is 110 Å². The van der Waals surface area contributed by atoms with Gasteiger partial charge < -0.3 is 19.0 Å². The van der Waals surface area contributed by atoms with E-state index in [-0.39, 0.29) is 30.3 Å². The summed E-state index contributed by atoms with van der Waals surface area (Å²) in [4.78, 5) is 52.9. The molecule has 1 fully saturated rings. The number of hydrogen-bond acceptors (Lipinski definition) is 6. The number of likely N-dealkylation sites (tertiary alicyclic amines) is 1. The zero-order chi connectivity index (χ0) is 20.4. The van der Waals surface area contributed by atoms with E-state index in [9.17, 15) is 19.2 Å². The maximum absolute atomic E-state index is 12.4. The normalized spacial score (nSPS) is 16.5. The fourth-order valence-corrected chi connectivity index (χ4v) is 3.56. The van der Waals surface area contributed by atoms with Gasteiger partial charge in [0.25, 0.3) is 0 Å². The number of ether oxygens (including phenoxy) is 1. The highest BCUT2D eigenvalue weighted by molar-refractivity contribution is 6.04. The Kier molecular flexibility index (Phi) is 5.48. The lowest BCUT2D eigenvalue weighted by atomic mass is 10.1. The summed E-state index contributed by atoms with van der Waals surface area (Å²) < 4.78 is 10.4. The number of hydrogen-bond donors (Lipinski definition) is 1. The predicted molar refractivity (Wildman–Crippen MR) is 97.8 cm³/mol. The summed E-state index contributed by atoms with van der Waals surface area (Å²) in [7, 11) is 0. The number of carbonyl (C=O) groups excluding carboxylic acids is 4. The molecular formula is C20H22N2O6. The number of esters is 1. The Bertz CT molecular complexity index is 925. The molecule has 0 radical (unpaired) electrons. The van der Waals surface area contributed by atoms with Gasteiger partial charge in [-0.25, -0.2) is 0 Å². The summed E-state index contributed by atoms with van der Waals surface area (Å²) in [5, 5.41) is 0. The Morgan fingerprint density at radius 1 is 1.32 bits per heavy atom. The third-order valence-electron chi connectivity index (χ3n) is 4.89. The first-order valence-corrected chi connectivity index (χ1v) is 8.98. The molecule has 2 aromatic rings. The number of aryl methyl sites for hydroxylation is 1. The molecule has 1 saturated heterocycles. The average Bonchev–Trinajstić information content (AvgIpc) is 3.33. The second kappa shape index (κ2) is 7.84. The first kappa shape index (κ1) is 19.6. The summed E-state index contributed by atoms with van der Waals surface area (Å²) in [5.41, 5.74) is 1.89. The third-order valence-corrected chi connectivity index (χ3v) is 4.89. The summed E-state index contributed by atoms with van der Waals surface area (Å²) >= 11 is 0. The smallest absolute Gasteiger partial charge is 0.311 e. The highest BCUT2D eigenvalue weighted by Crippen LogP contribution is 2.22. The number of Topliss-reactive ketones (excluding diaryl/α,β-unsaturated/α-hetero) is 2. The summed E-state index contributed by atoms with van der Waals surface area (Å²) in [6.07, 6.45) is 1.57. The Morgan fingerprint density at radius 2 is 2.07 bits per heavy atom. The van der Waals surface area contributed by atoms with Gasteiger partial charge in [0, 0.05) is 24.2 Å². The van der Waals surface area contributed by atoms with Gasteiger partial charge in [-0.2, -0.15) is 0 Å². The van der Waals surface area contributed by atoms with Crippen LogP contribution in [0.4, 0.5) is 0 Å². The van der Waals surface area contributed by atoms with Crippen LogP contribution in [0.2, 0.25) is 0 Å². The van der Waals surface area contributed by atoms with Crippen molar-refractivity contribution in [1.82, 2.24) is 9.88 Å². The second-order valence-electron chi connectivity index (χ2n) is 6.97. The van der Waals surface area contributed by atoms with Crippen LogP contribution in [-0.4, -0.2) is 46.5 Å². The van der Waals surface area contributed by atoms with E-state index in [4.69, 9.17) is 9.15 Å². The Hall–Kier alpha value is -3.16. The maximum atomic E-state index is 12.4. The van der Waals surface area contributed by atoms with Crippen molar-refractivity contribution in [3.63, 3.8) is 0 Å². The molecule has 2 aromatic heterocycles. The molecule has 0 aliphatic carbocycles. The van der Waals surface area contributed by atoms with Crippen molar-refractivity contribution in [3.8, 4) is 0 Å². The van der Waals surface area contributed by atoms with Gasteiger partial charge in [0.15, 0.2) is 12.4 Å². The number of aromatic nitrogens is 1. The maximum Gasteiger partial charge on any atom is 0.311 e. The first-order chi connectivity index (χ1) is 13.3. The van der Waals surface area contributed by atoms with Gasteiger partial charge in [0.05, 0.1) is 24.4 Å². The van der Waals surface area contributed by atoms with Crippen molar-refractivity contribution >= 4 is 23.4 Å². The molecule has 1 aliphatic rings. The average molecular weight is 386 g/mol. The molecule has 0 aromatic carbocycles. The van der Waals surface area contributed by atoms with Crippen LogP contribution in [0.3, 0.4) is 0 Å². The molecule has 148 valence electrons. The monoisotopic (exact) mass is 386 g/mol. The summed E-state index contributed by atoms with van der Waals surface area (Å²) in [6, 6.07) is 3.49. The lowest BCUT2D eigenvalue weighted by Gasteiger charge is -2.14. The van der Waals surface area contributed by atoms with Crippen LogP contribution in [0.25, 0.3) is 0 Å². The first-order valence-electron chi connectivity index (χ1n) is 8.98. The van der Waals surface area contributed by atoms with Crippen LogP contribution in [0.1, 0.15) is 51.2 Å². The highest BCUT2D eigenvalue weighted by Gasteiger charge is 2.36. The molecule has 1 aliphatic heterocycles.